The third kappa shape index (κ3) is 8.60. The molecule has 5 fully saturated rings. The highest BCUT2D eigenvalue weighted by molar-refractivity contribution is 6.07. The van der Waals surface area contributed by atoms with E-state index in [1.807, 2.05) is 37.3 Å². The van der Waals surface area contributed by atoms with Crippen molar-refractivity contribution in [1.29, 1.82) is 0 Å². The first kappa shape index (κ1) is 44.1. The van der Waals surface area contributed by atoms with Gasteiger partial charge < -0.3 is 36.0 Å². The molecule has 5 aromatic rings. The minimum Gasteiger partial charge on any atom is -0.373 e. The molecule has 2 saturated heterocycles. The lowest BCUT2D eigenvalue weighted by atomic mass is 9.60. The van der Waals surface area contributed by atoms with E-state index in [2.05, 4.69) is 56.1 Å². The van der Waals surface area contributed by atoms with Crippen molar-refractivity contribution >= 4 is 69.4 Å². The summed E-state index contributed by atoms with van der Waals surface area (Å²) in [5, 5.41) is 21.7. The van der Waals surface area contributed by atoms with E-state index in [0.29, 0.717) is 63.1 Å². The SMILES string of the molecule is CNc1ccc(C(=O)Nc2ccc(N(C)C)nn2)c(NC2CC3(C2)CN(C(=O)C2(CN4CCN(c5ccc(Nc6ncc7c(C)c(C(C)=O)c(=O)n(C8CCCC8)c7n6)nc5)CC4)CC2)C3)n1. The fourth-order valence-corrected chi connectivity index (χ4v) is 10.7. The molecule has 10 rings (SSSR count). The molecule has 19 nitrogen and oxygen atoms in total. The minimum absolute atomic E-state index is 0.00370. The molecular weight excluding hydrogens is 851 g/mol. The van der Waals surface area contributed by atoms with Crippen molar-refractivity contribution in [2.75, 3.05) is 98.0 Å². The number of likely N-dealkylation sites (tertiary alicyclic amines) is 1. The monoisotopic (exact) mass is 909 g/mol. The first-order chi connectivity index (χ1) is 32.3. The van der Waals surface area contributed by atoms with Crippen molar-refractivity contribution in [3.8, 4) is 0 Å². The molecule has 1 spiro atoms. The van der Waals surface area contributed by atoms with Crippen molar-refractivity contribution in [1.82, 2.24) is 44.5 Å². The Labute approximate surface area is 389 Å². The molecule has 2 aliphatic heterocycles. The van der Waals surface area contributed by atoms with E-state index in [9.17, 15) is 19.2 Å². The second-order valence-corrected chi connectivity index (χ2v) is 19.5. The van der Waals surface area contributed by atoms with Crippen LogP contribution in [0.3, 0.4) is 0 Å². The van der Waals surface area contributed by atoms with Crippen LogP contribution in [0, 0.1) is 17.8 Å². The Bertz CT molecular complexity index is 2760. The van der Waals surface area contributed by atoms with Crippen molar-refractivity contribution in [2.24, 2.45) is 10.8 Å². The smallest absolute Gasteiger partial charge is 0.263 e. The largest absolute Gasteiger partial charge is 0.373 e. The van der Waals surface area contributed by atoms with Crippen molar-refractivity contribution in [2.45, 2.75) is 77.3 Å². The number of aryl methyl sites for hydroxylation is 1. The number of Topliss-reactive ketones (excluding diaryl/α,β-unsaturated/α-hetero) is 1. The first-order valence-corrected chi connectivity index (χ1v) is 23.5. The van der Waals surface area contributed by atoms with Gasteiger partial charge in [-0.3, -0.25) is 28.6 Å². The van der Waals surface area contributed by atoms with Crippen LogP contribution in [0.5, 0.6) is 0 Å². The van der Waals surface area contributed by atoms with E-state index in [4.69, 9.17) is 9.97 Å². The summed E-state index contributed by atoms with van der Waals surface area (Å²) in [6, 6.07) is 11.2. The van der Waals surface area contributed by atoms with Crippen LogP contribution >= 0.6 is 0 Å². The molecule has 67 heavy (non-hydrogen) atoms. The Morgan fingerprint density at radius 1 is 0.866 bits per heavy atom. The standard InChI is InChI=1S/C48H59N15O4/c1-29-35-25-51-46(56-42(35)63(32-8-6-7-9-32)44(66)40(29)30(2)64)55-37-12-10-33(24-50-37)61-20-18-60(19-21-61)28-48(16-17-48)45(67)62-26-47(27-62)22-31(23-47)52-41-34(11-13-36(49-3)53-41)43(65)54-38-14-15-39(58-57-38)59(4)5/h10-15,24-25,31-32H,6-9,16-23,26-28H2,1-5H3,(H2,49,52,53)(H,54,57,65)(H,50,51,55,56). The number of ketones is 1. The number of hydrogen-bond acceptors (Lipinski definition) is 16. The summed E-state index contributed by atoms with van der Waals surface area (Å²) in [7, 11) is 5.56. The highest BCUT2D eigenvalue weighted by Gasteiger charge is 2.60. The first-order valence-electron chi connectivity index (χ1n) is 23.5. The molecule has 7 heterocycles. The van der Waals surface area contributed by atoms with Gasteiger partial charge in [0.2, 0.25) is 11.9 Å². The highest BCUT2D eigenvalue weighted by atomic mass is 16.2. The number of carbonyl (C=O) groups excluding carboxylic acids is 3. The highest BCUT2D eigenvalue weighted by Crippen LogP contribution is 2.54. The van der Waals surface area contributed by atoms with Gasteiger partial charge in [-0.1, -0.05) is 12.8 Å². The summed E-state index contributed by atoms with van der Waals surface area (Å²) >= 11 is 0. The number of aromatic nitrogens is 7. The summed E-state index contributed by atoms with van der Waals surface area (Å²) in [5.41, 5.74) is 2.35. The van der Waals surface area contributed by atoms with Gasteiger partial charge in [0, 0.05) is 96.0 Å². The maximum Gasteiger partial charge on any atom is 0.263 e. The van der Waals surface area contributed by atoms with Gasteiger partial charge in [-0.2, -0.15) is 4.98 Å². The van der Waals surface area contributed by atoms with Gasteiger partial charge in [0.1, 0.15) is 23.1 Å². The molecule has 2 amide bonds. The average molecular weight is 910 g/mol. The Morgan fingerprint density at radius 3 is 2.24 bits per heavy atom. The number of nitrogens with one attached hydrogen (secondary N) is 4. The number of pyridine rings is 3. The molecule has 4 N–H and O–H groups in total. The summed E-state index contributed by atoms with van der Waals surface area (Å²) < 4.78 is 1.72. The number of carbonyl (C=O) groups is 3. The fourth-order valence-electron chi connectivity index (χ4n) is 10.7. The molecule has 3 saturated carbocycles. The minimum atomic E-state index is -0.319. The van der Waals surface area contributed by atoms with Crippen molar-refractivity contribution in [3.63, 3.8) is 0 Å². The predicted molar refractivity (Wildman–Crippen MR) is 258 cm³/mol. The van der Waals surface area contributed by atoms with Crippen LogP contribution in [0.2, 0.25) is 0 Å². The molecule has 0 unspecified atom stereocenters. The van der Waals surface area contributed by atoms with Crippen molar-refractivity contribution < 1.29 is 14.4 Å². The van der Waals surface area contributed by atoms with E-state index in [1.165, 1.54) is 6.92 Å². The zero-order chi connectivity index (χ0) is 46.6. The number of hydrogen-bond donors (Lipinski definition) is 4. The Morgan fingerprint density at radius 2 is 1.60 bits per heavy atom. The molecule has 350 valence electrons. The van der Waals surface area contributed by atoms with Gasteiger partial charge in [-0.15, -0.1) is 10.2 Å². The number of nitrogens with zero attached hydrogens (tertiary/aromatic N) is 11. The number of amides is 2. The average Bonchev–Trinajstić information content (AvgIpc) is 3.88. The van der Waals surface area contributed by atoms with Crippen molar-refractivity contribution in [3.05, 3.63) is 75.8 Å². The Balaban J connectivity index is 0.700. The third-order valence-electron chi connectivity index (χ3n) is 14.6. The van der Waals surface area contributed by atoms with E-state index in [1.54, 1.807) is 49.0 Å². The maximum atomic E-state index is 14.0. The quantitative estimate of drug-likeness (QED) is 0.107. The second-order valence-electron chi connectivity index (χ2n) is 19.5. The van der Waals surface area contributed by atoms with Gasteiger partial charge in [0.15, 0.2) is 17.4 Å². The molecular formula is C48H59N15O4. The Hall–Kier alpha value is -6.76. The van der Waals surface area contributed by atoms with Gasteiger partial charge in [-0.05, 0) is 94.3 Å². The second kappa shape index (κ2) is 17.5. The number of piperazine rings is 1. The van der Waals surface area contributed by atoms with E-state index in [-0.39, 0.29) is 45.7 Å². The zero-order valence-corrected chi connectivity index (χ0v) is 38.9. The molecule has 0 aromatic carbocycles. The van der Waals surface area contributed by atoms with Crippen LogP contribution in [0.1, 0.15) is 90.6 Å². The lowest BCUT2D eigenvalue weighted by Crippen LogP contribution is -2.67. The number of rotatable bonds is 14. The van der Waals surface area contributed by atoms with Crippen LogP contribution in [0.4, 0.5) is 40.7 Å². The van der Waals surface area contributed by atoms with Gasteiger partial charge in [0.25, 0.3) is 11.5 Å². The van der Waals surface area contributed by atoms with Gasteiger partial charge >= 0.3 is 0 Å². The molecule has 0 radical (unpaired) electrons. The summed E-state index contributed by atoms with van der Waals surface area (Å²) in [5.74, 6) is 2.88. The van der Waals surface area contributed by atoms with Crippen LogP contribution < -0.4 is 36.6 Å². The summed E-state index contributed by atoms with van der Waals surface area (Å²) in [6.07, 6.45) is 11.1. The number of fused-ring (bicyclic) bond motifs is 1. The predicted octanol–water partition coefficient (Wildman–Crippen LogP) is 5.11. The number of anilines is 7. The summed E-state index contributed by atoms with van der Waals surface area (Å²) in [4.78, 5) is 80.9. The van der Waals surface area contributed by atoms with Crippen LogP contribution in [0.25, 0.3) is 11.0 Å². The molecule has 0 bridgehead atoms. The molecule has 5 aromatic heterocycles. The molecule has 19 heteroatoms. The maximum absolute atomic E-state index is 14.0. The lowest BCUT2D eigenvalue weighted by molar-refractivity contribution is -0.157. The molecule has 5 aliphatic rings. The Kier molecular flexibility index (Phi) is 11.5. The van der Waals surface area contributed by atoms with Gasteiger partial charge in [-0.25, -0.2) is 15.0 Å². The third-order valence-corrected chi connectivity index (χ3v) is 14.6. The molecule has 0 atom stereocenters. The van der Waals surface area contributed by atoms with Crippen LogP contribution in [-0.2, 0) is 4.79 Å². The summed E-state index contributed by atoms with van der Waals surface area (Å²) in [6.45, 7) is 8.96. The van der Waals surface area contributed by atoms with Gasteiger partial charge in [0.05, 0.1) is 28.4 Å². The van der Waals surface area contributed by atoms with E-state index >= 15 is 0 Å². The fraction of sp³-hybridized carbons (Fsp3) is 0.500. The topological polar surface area (TPSA) is 212 Å². The molecule has 3 aliphatic carbocycles. The van der Waals surface area contributed by atoms with Crippen LogP contribution in [0.15, 0.2) is 53.6 Å². The van der Waals surface area contributed by atoms with Crippen LogP contribution in [-0.4, -0.2) is 135 Å². The van der Waals surface area contributed by atoms with E-state index in [0.717, 1.165) is 103 Å². The normalized spacial score (nSPS) is 18.9. The lowest BCUT2D eigenvalue weighted by Gasteiger charge is -2.59. The zero-order valence-electron chi connectivity index (χ0n) is 38.9. The van der Waals surface area contributed by atoms with E-state index < -0.39 is 0 Å².